The molecule has 1 aromatic carbocycles. The minimum atomic E-state index is 0.0484. The summed E-state index contributed by atoms with van der Waals surface area (Å²) in [6, 6.07) is 10.7. The molecule has 0 saturated carbocycles. The predicted molar refractivity (Wildman–Crippen MR) is 80.3 cm³/mol. The summed E-state index contributed by atoms with van der Waals surface area (Å²) in [5, 5.41) is 0. The summed E-state index contributed by atoms with van der Waals surface area (Å²) in [7, 11) is 0. The van der Waals surface area contributed by atoms with E-state index in [0.29, 0.717) is 5.92 Å². The summed E-state index contributed by atoms with van der Waals surface area (Å²) in [5.41, 5.74) is 8.16. The lowest BCUT2D eigenvalue weighted by atomic mass is 9.75. The Bertz CT molecular complexity index is 364. The Morgan fingerprint density at radius 3 is 2.39 bits per heavy atom. The maximum Gasteiger partial charge on any atom is 0.00675 e. The van der Waals surface area contributed by atoms with Crippen LogP contribution < -0.4 is 5.73 Å². The molecule has 0 spiro atoms. The summed E-state index contributed by atoms with van der Waals surface area (Å²) in [6.07, 6.45) is 4.90. The summed E-state index contributed by atoms with van der Waals surface area (Å²) < 4.78 is 0. The monoisotopic (exact) mass is 245 g/mol. The molecule has 1 heteroatoms. The van der Waals surface area contributed by atoms with Crippen LogP contribution in [0.15, 0.2) is 42.6 Å². The van der Waals surface area contributed by atoms with Crippen molar-refractivity contribution in [1.29, 1.82) is 0 Å². The second-order valence-electron chi connectivity index (χ2n) is 5.88. The van der Waals surface area contributed by atoms with E-state index in [4.69, 9.17) is 5.73 Å². The minimum Gasteiger partial charge on any atom is -0.402 e. The molecule has 0 aliphatic rings. The van der Waals surface area contributed by atoms with Gasteiger partial charge in [-0.25, -0.2) is 0 Å². The molecule has 0 heterocycles. The lowest BCUT2D eigenvalue weighted by Crippen LogP contribution is -2.27. The molecule has 0 fully saturated rings. The fourth-order valence-corrected chi connectivity index (χ4v) is 2.10. The Morgan fingerprint density at radius 2 is 1.83 bits per heavy atom. The Balaban J connectivity index is 2.28. The first-order chi connectivity index (χ1) is 8.44. The van der Waals surface area contributed by atoms with Crippen LogP contribution in [0.3, 0.4) is 0 Å². The van der Waals surface area contributed by atoms with Gasteiger partial charge in [0.05, 0.1) is 0 Å². The molecule has 1 nitrogen and oxygen atoms in total. The third-order valence-corrected chi connectivity index (χ3v) is 4.26. The van der Waals surface area contributed by atoms with Crippen molar-refractivity contribution in [3.8, 4) is 0 Å². The molecule has 1 atom stereocenters. The van der Waals surface area contributed by atoms with Gasteiger partial charge >= 0.3 is 0 Å². The molecule has 0 aliphatic heterocycles. The molecule has 1 rings (SSSR count). The lowest BCUT2D eigenvalue weighted by molar-refractivity contribution is 0.262. The Hall–Kier alpha value is -1.24. The Labute approximate surface area is 112 Å². The highest BCUT2D eigenvalue weighted by atomic mass is 14.6. The van der Waals surface area contributed by atoms with Crippen molar-refractivity contribution in [2.75, 3.05) is 0 Å². The normalized spacial score (nSPS) is 13.3. The number of aryl methyl sites for hydroxylation is 1. The van der Waals surface area contributed by atoms with Crippen LogP contribution in [0.25, 0.3) is 0 Å². The molecule has 2 N–H and O–H groups in total. The Kier molecular flexibility index (Phi) is 5.46. The van der Waals surface area contributed by atoms with Crippen LogP contribution in [0.1, 0.15) is 45.6 Å². The molecule has 0 aliphatic carbocycles. The Morgan fingerprint density at radius 1 is 1.22 bits per heavy atom. The maximum atomic E-state index is 5.87. The molecule has 0 aromatic heterocycles. The van der Waals surface area contributed by atoms with Gasteiger partial charge in [-0.05, 0) is 30.7 Å². The molecular weight excluding hydrogens is 218 g/mol. The molecule has 1 aromatic rings. The van der Waals surface area contributed by atoms with E-state index in [9.17, 15) is 0 Å². The molecule has 0 bridgehead atoms. The average molecular weight is 245 g/mol. The molecular formula is C17H27N. The second kappa shape index (κ2) is 6.63. The van der Waals surface area contributed by atoms with Gasteiger partial charge in [-0.1, -0.05) is 64.1 Å². The van der Waals surface area contributed by atoms with Crippen LogP contribution in [-0.4, -0.2) is 0 Å². The van der Waals surface area contributed by atoms with Gasteiger partial charge < -0.3 is 5.73 Å². The van der Waals surface area contributed by atoms with Crippen molar-refractivity contribution < 1.29 is 0 Å². The molecule has 100 valence electrons. The second-order valence-corrected chi connectivity index (χ2v) is 5.88. The first-order valence-electron chi connectivity index (χ1n) is 6.93. The summed E-state index contributed by atoms with van der Waals surface area (Å²) >= 11 is 0. The van der Waals surface area contributed by atoms with Gasteiger partial charge in [-0.2, -0.15) is 0 Å². The minimum absolute atomic E-state index is 0.0484. The smallest absolute Gasteiger partial charge is 0.00675 e. The summed E-state index contributed by atoms with van der Waals surface area (Å²) in [4.78, 5) is 0. The van der Waals surface area contributed by atoms with Crippen molar-refractivity contribution in [3.63, 3.8) is 0 Å². The number of allylic oxidation sites excluding steroid dienone is 1. The predicted octanol–water partition coefficient (Wildman–Crippen LogP) is 4.53. The first-order valence-corrected chi connectivity index (χ1v) is 6.93. The van der Waals surface area contributed by atoms with Gasteiger partial charge in [0.25, 0.3) is 0 Å². The number of unbranched alkanes of at least 4 members (excludes halogenated alkanes) is 1. The number of rotatable bonds is 7. The van der Waals surface area contributed by atoms with Gasteiger partial charge in [0.15, 0.2) is 0 Å². The van der Waals surface area contributed by atoms with E-state index in [1.807, 2.05) is 0 Å². The van der Waals surface area contributed by atoms with Crippen LogP contribution in [0.5, 0.6) is 0 Å². The van der Waals surface area contributed by atoms with E-state index in [1.54, 1.807) is 0 Å². The molecule has 0 amide bonds. The highest BCUT2D eigenvalue weighted by Crippen LogP contribution is 2.34. The molecule has 1 unspecified atom stereocenters. The SMILES string of the molecule is C=C(N)C(C)(C)C(C)CCCCc1ccccc1. The zero-order valence-corrected chi connectivity index (χ0v) is 12.1. The van der Waals surface area contributed by atoms with Crippen LogP contribution >= 0.6 is 0 Å². The van der Waals surface area contributed by atoms with Crippen molar-refractivity contribution in [1.82, 2.24) is 0 Å². The van der Waals surface area contributed by atoms with Gasteiger partial charge in [-0.15, -0.1) is 0 Å². The maximum absolute atomic E-state index is 5.87. The third kappa shape index (κ3) is 4.21. The zero-order valence-electron chi connectivity index (χ0n) is 12.1. The van der Waals surface area contributed by atoms with E-state index in [-0.39, 0.29) is 5.41 Å². The van der Waals surface area contributed by atoms with Crippen molar-refractivity contribution in [2.45, 2.75) is 46.5 Å². The number of benzene rings is 1. The van der Waals surface area contributed by atoms with Crippen molar-refractivity contribution >= 4 is 0 Å². The fraction of sp³-hybridized carbons (Fsp3) is 0.529. The quantitative estimate of drug-likeness (QED) is 0.701. The van der Waals surface area contributed by atoms with Gasteiger partial charge in [-0.3, -0.25) is 0 Å². The molecule has 0 saturated heterocycles. The van der Waals surface area contributed by atoms with Crippen LogP contribution in [0, 0.1) is 11.3 Å². The topological polar surface area (TPSA) is 26.0 Å². The van der Waals surface area contributed by atoms with Gasteiger partial charge in [0, 0.05) is 11.1 Å². The molecule has 18 heavy (non-hydrogen) atoms. The third-order valence-electron chi connectivity index (χ3n) is 4.26. The van der Waals surface area contributed by atoms with Gasteiger partial charge in [0.2, 0.25) is 0 Å². The number of hydrogen-bond acceptors (Lipinski definition) is 1. The number of hydrogen-bond donors (Lipinski definition) is 1. The zero-order chi connectivity index (χ0) is 13.6. The van der Waals surface area contributed by atoms with Crippen LogP contribution in [-0.2, 0) is 6.42 Å². The largest absolute Gasteiger partial charge is 0.402 e. The highest BCUT2D eigenvalue weighted by molar-refractivity contribution is 5.14. The van der Waals surface area contributed by atoms with E-state index in [2.05, 4.69) is 57.7 Å². The van der Waals surface area contributed by atoms with Crippen LogP contribution in [0.4, 0.5) is 0 Å². The van der Waals surface area contributed by atoms with Crippen molar-refractivity contribution in [2.24, 2.45) is 17.1 Å². The lowest BCUT2D eigenvalue weighted by Gasteiger charge is -2.32. The van der Waals surface area contributed by atoms with Crippen molar-refractivity contribution in [3.05, 3.63) is 48.2 Å². The van der Waals surface area contributed by atoms with E-state index in [0.717, 1.165) is 5.70 Å². The standard InChI is InChI=1S/C17H27N/c1-14(17(3,4)15(2)18)10-8-9-13-16-11-6-5-7-12-16/h5-7,11-12,14H,2,8-10,13,18H2,1,3-4H3. The summed E-state index contributed by atoms with van der Waals surface area (Å²) in [5.74, 6) is 0.589. The average Bonchev–Trinajstić information content (AvgIpc) is 2.35. The van der Waals surface area contributed by atoms with Gasteiger partial charge in [0.1, 0.15) is 0 Å². The number of nitrogens with two attached hydrogens (primary N) is 1. The highest BCUT2D eigenvalue weighted by Gasteiger charge is 2.26. The first kappa shape index (κ1) is 14.8. The fourth-order valence-electron chi connectivity index (χ4n) is 2.10. The van der Waals surface area contributed by atoms with E-state index >= 15 is 0 Å². The molecule has 0 radical (unpaired) electrons. The van der Waals surface area contributed by atoms with Crippen LogP contribution in [0.2, 0.25) is 0 Å². The summed E-state index contributed by atoms with van der Waals surface area (Å²) in [6.45, 7) is 10.6. The van der Waals surface area contributed by atoms with E-state index in [1.165, 1.54) is 31.2 Å². The van der Waals surface area contributed by atoms with E-state index < -0.39 is 0 Å².